The lowest BCUT2D eigenvalue weighted by atomic mass is 9.80. The van der Waals surface area contributed by atoms with Gasteiger partial charge in [-0.3, -0.25) is 4.98 Å². The van der Waals surface area contributed by atoms with Crippen molar-refractivity contribution in [3.63, 3.8) is 0 Å². The van der Waals surface area contributed by atoms with Gasteiger partial charge in [0.15, 0.2) is 0 Å². The van der Waals surface area contributed by atoms with Crippen molar-refractivity contribution in [3.05, 3.63) is 63.9 Å². The summed E-state index contributed by atoms with van der Waals surface area (Å²) in [4.78, 5) is 4.50. The SMILES string of the molecule is NCC1(Cc2ccc(Br)cn2)Cc2ccccc2C1. The van der Waals surface area contributed by atoms with Crippen molar-refractivity contribution in [2.24, 2.45) is 11.1 Å². The summed E-state index contributed by atoms with van der Waals surface area (Å²) in [5.41, 5.74) is 10.3. The van der Waals surface area contributed by atoms with E-state index in [1.165, 1.54) is 11.1 Å². The monoisotopic (exact) mass is 316 g/mol. The Hall–Kier alpha value is -1.19. The van der Waals surface area contributed by atoms with Crippen LogP contribution in [0.15, 0.2) is 47.1 Å². The number of hydrogen-bond donors (Lipinski definition) is 1. The quantitative estimate of drug-likeness (QED) is 0.944. The Balaban J connectivity index is 1.84. The van der Waals surface area contributed by atoms with E-state index in [2.05, 4.69) is 57.3 Å². The third kappa shape index (κ3) is 2.58. The molecule has 0 fully saturated rings. The van der Waals surface area contributed by atoms with Crippen LogP contribution in [0.3, 0.4) is 0 Å². The van der Waals surface area contributed by atoms with Crippen LogP contribution in [0, 0.1) is 5.41 Å². The second-order valence-corrected chi connectivity index (χ2v) is 6.39. The van der Waals surface area contributed by atoms with Crippen LogP contribution in [0.2, 0.25) is 0 Å². The lowest BCUT2D eigenvalue weighted by Crippen LogP contribution is -2.33. The predicted octanol–water partition coefficient (Wildman–Crippen LogP) is 3.13. The number of benzene rings is 1. The third-order valence-electron chi connectivity index (χ3n) is 4.03. The van der Waals surface area contributed by atoms with Gasteiger partial charge in [0.25, 0.3) is 0 Å². The summed E-state index contributed by atoms with van der Waals surface area (Å²) in [6.07, 6.45) is 4.95. The molecule has 0 unspecified atom stereocenters. The molecule has 3 rings (SSSR count). The standard InChI is InChI=1S/C16H17BrN2/c17-14-5-6-15(19-10-14)9-16(11-18)7-12-3-1-2-4-13(12)8-16/h1-6,10H,7-9,11,18H2. The molecule has 0 saturated heterocycles. The van der Waals surface area contributed by atoms with Crippen molar-refractivity contribution in [2.45, 2.75) is 19.3 Å². The largest absolute Gasteiger partial charge is 0.330 e. The summed E-state index contributed by atoms with van der Waals surface area (Å²) in [6.45, 7) is 0.708. The van der Waals surface area contributed by atoms with Crippen molar-refractivity contribution < 1.29 is 0 Å². The van der Waals surface area contributed by atoms with Crippen molar-refractivity contribution in [1.29, 1.82) is 0 Å². The summed E-state index contributed by atoms with van der Waals surface area (Å²) in [7, 11) is 0. The third-order valence-corrected chi connectivity index (χ3v) is 4.50. The molecule has 0 radical (unpaired) electrons. The first-order chi connectivity index (χ1) is 9.21. The summed E-state index contributed by atoms with van der Waals surface area (Å²) in [5.74, 6) is 0. The first-order valence-corrected chi connectivity index (χ1v) is 7.37. The second-order valence-electron chi connectivity index (χ2n) is 5.47. The zero-order chi connectivity index (χ0) is 13.3. The average molecular weight is 317 g/mol. The highest BCUT2D eigenvalue weighted by atomic mass is 79.9. The fraction of sp³-hybridized carbons (Fsp3) is 0.312. The second kappa shape index (κ2) is 5.06. The van der Waals surface area contributed by atoms with Crippen LogP contribution in [0.4, 0.5) is 0 Å². The van der Waals surface area contributed by atoms with Gasteiger partial charge in [-0.2, -0.15) is 0 Å². The molecular formula is C16H17BrN2. The maximum Gasteiger partial charge on any atom is 0.0413 e. The molecule has 0 atom stereocenters. The predicted molar refractivity (Wildman–Crippen MR) is 81.0 cm³/mol. The fourth-order valence-corrected chi connectivity index (χ4v) is 3.24. The van der Waals surface area contributed by atoms with E-state index >= 15 is 0 Å². The zero-order valence-corrected chi connectivity index (χ0v) is 12.4. The number of fused-ring (bicyclic) bond motifs is 1. The number of hydrogen-bond acceptors (Lipinski definition) is 2. The van der Waals surface area contributed by atoms with Gasteiger partial charge in [0.1, 0.15) is 0 Å². The van der Waals surface area contributed by atoms with Crippen LogP contribution >= 0.6 is 15.9 Å². The van der Waals surface area contributed by atoms with Gasteiger partial charge in [-0.1, -0.05) is 24.3 Å². The minimum absolute atomic E-state index is 0.143. The van der Waals surface area contributed by atoms with E-state index in [1.54, 1.807) is 0 Å². The van der Waals surface area contributed by atoms with Crippen molar-refractivity contribution in [1.82, 2.24) is 4.98 Å². The van der Waals surface area contributed by atoms with Crippen molar-refractivity contribution in [2.75, 3.05) is 6.54 Å². The highest BCUT2D eigenvalue weighted by Gasteiger charge is 2.36. The van der Waals surface area contributed by atoms with Crippen LogP contribution in [-0.2, 0) is 19.3 Å². The summed E-state index contributed by atoms with van der Waals surface area (Å²) >= 11 is 3.42. The molecule has 3 heteroatoms. The Labute approximate surface area is 122 Å². The average Bonchev–Trinajstić information content (AvgIpc) is 2.80. The molecule has 1 aliphatic carbocycles. The molecule has 0 bridgehead atoms. The molecule has 19 heavy (non-hydrogen) atoms. The molecule has 0 aliphatic heterocycles. The van der Waals surface area contributed by atoms with Gasteiger partial charge in [0.05, 0.1) is 0 Å². The highest BCUT2D eigenvalue weighted by molar-refractivity contribution is 9.10. The van der Waals surface area contributed by atoms with Gasteiger partial charge >= 0.3 is 0 Å². The lowest BCUT2D eigenvalue weighted by molar-refractivity contribution is 0.311. The van der Waals surface area contributed by atoms with E-state index < -0.39 is 0 Å². The fourth-order valence-electron chi connectivity index (χ4n) is 3.01. The Morgan fingerprint density at radius 1 is 1.11 bits per heavy atom. The molecule has 1 heterocycles. The van der Waals surface area contributed by atoms with E-state index in [1.807, 2.05) is 6.20 Å². The van der Waals surface area contributed by atoms with Gasteiger partial charge < -0.3 is 5.73 Å². The van der Waals surface area contributed by atoms with Gasteiger partial charge in [-0.25, -0.2) is 0 Å². The number of pyridine rings is 1. The molecule has 0 amide bonds. The number of nitrogens with two attached hydrogens (primary N) is 1. The highest BCUT2D eigenvalue weighted by Crippen LogP contribution is 2.38. The Kier molecular flexibility index (Phi) is 3.42. The Bertz CT molecular complexity index is 553. The van der Waals surface area contributed by atoms with Crippen molar-refractivity contribution in [3.8, 4) is 0 Å². The maximum absolute atomic E-state index is 6.09. The van der Waals surface area contributed by atoms with Crippen LogP contribution < -0.4 is 5.73 Å². The summed E-state index contributed by atoms with van der Waals surface area (Å²) in [5, 5.41) is 0. The van der Waals surface area contributed by atoms with E-state index in [-0.39, 0.29) is 5.41 Å². The Morgan fingerprint density at radius 3 is 2.32 bits per heavy atom. The molecule has 98 valence electrons. The lowest BCUT2D eigenvalue weighted by Gasteiger charge is -2.26. The van der Waals surface area contributed by atoms with E-state index in [9.17, 15) is 0 Å². The molecule has 2 N–H and O–H groups in total. The topological polar surface area (TPSA) is 38.9 Å². The minimum atomic E-state index is 0.143. The molecule has 1 aromatic carbocycles. The summed E-state index contributed by atoms with van der Waals surface area (Å²) in [6, 6.07) is 12.8. The normalized spacial score (nSPS) is 16.3. The first-order valence-electron chi connectivity index (χ1n) is 6.58. The summed E-state index contributed by atoms with van der Waals surface area (Å²) < 4.78 is 1.02. The molecule has 1 aliphatic rings. The number of rotatable bonds is 3. The maximum atomic E-state index is 6.09. The van der Waals surface area contributed by atoms with Crippen LogP contribution in [0.5, 0.6) is 0 Å². The van der Waals surface area contributed by atoms with Gasteiger partial charge in [0, 0.05) is 16.4 Å². The Morgan fingerprint density at radius 2 is 1.79 bits per heavy atom. The first kappa shape index (κ1) is 12.8. The zero-order valence-electron chi connectivity index (χ0n) is 10.8. The number of aromatic nitrogens is 1. The molecular weight excluding hydrogens is 300 g/mol. The molecule has 1 aromatic heterocycles. The van der Waals surface area contributed by atoms with Crippen LogP contribution in [-0.4, -0.2) is 11.5 Å². The minimum Gasteiger partial charge on any atom is -0.330 e. The van der Waals surface area contributed by atoms with Crippen molar-refractivity contribution >= 4 is 15.9 Å². The molecule has 2 aromatic rings. The van der Waals surface area contributed by atoms with Gasteiger partial charge in [-0.15, -0.1) is 0 Å². The van der Waals surface area contributed by atoms with E-state index in [0.717, 1.165) is 29.4 Å². The number of nitrogens with zero attached hydrogens (tertiary/aromatic N) is 1. The van der Waals surface area contributed by atoms with E-state index in [0.29, 0.717) is 6.54 Å². The number of halogens is 1. The van der Waals surface area contributed by atoms with Crippen LogP contribution in [0.25, 0.3) is 0 Å². The van der Waals surface area contributed by atoms with Gasteiger partial charge in [-0.05, 0) is 70.4 Å². The smallest absolute Gasteiger partial charge is 0.0413 e. The molecule has 2 nitrogen and oxygen atoms in total. The van der Waals surface area contributed by atoms with Gasteiger partial charge in [0.2, 0.25) is 0 Å². The van der Waals surface area contributed by atoms with E-state index in [4.69, 9.17) is 5.73 Å². The van der Waals surface area contributed by atoms with Crippen LogP contribution in [0.1, 0.15) is 16.8 Å². The molecule has 0 spiro atoms. The molecule has 0 saturated carbocycles.